The summed E-state index contributed by atoms with van der Waals surface area (Å²) in [5.74, 6) is -1.34. The Kier molecular flexibility index (Phi) is 4.96. The Morgan fingerprint density at radius 1 is 1.38 bits per heavy atom. The van der Waals surface area contributed by atoms with Crippen LogP contribution < -0.4 is 0 Å². The summed E-state index contributed by atoms with van der Waals surface area (Å²) in [7, 11) is 0. The van der Waals surface area contributed by atoms with Gasteiger partial charge in [-0.1, -0.05) is 27.2 Å². The van der Waals surface area contributed by atoms with Crippen LogP contribution in [0.3, 0.4) is 0 Å². The molecule has 0 heterocycles. The third-order valence-corrected chi connectivity index (χ3v) is 1.90. The molecule has 0 fully saturated rings. The van der Waals surface area contributed by atoms with Crippen LogP contribution in [-0.2, 0) is 4.79 Å². The SMILES string of the molecule is CC(C)(C)CCCCC(F)C(=O)O. The highest BCUT2D eigenvalue weighted by Crippen LogP contribution is 2.22. The smallest absolute Gasteiger partial charge is 0.338 e. The minimum Gasteiger partial charge on any atom is -0.479 e. The molecule has 0 aromatic rings. The zero-order valence-corrected chi connectivity index (χ0v) is 8.64. The third kappa shape index (κ3) is 7.75. The first-order valence-electron chi connectivity index (χ1n) is 4.70. The number of carboxylic acids is 1. The van der Waals surface area contributed by atoms with Gasteiger partial charge >= 0.3 is 5.97 Å². The molecule has 0 aliphatic rings. The summed E-state index contributed by atoms with van der Waals surface area (Å²) in [6.07, 6.45) is 1.03. The Balaban J connectivity index is 3.41. The lowest BCUT2D eigenvalue weighted by atomic mass is 9.89. The summed E-state index contributed by atoms with van der Waals surface area (Å²) in [6, 6.07) is 0. The van der Waals surface area contributed by atoms with E-state index in [9.17, 15) is 9.18 Å². The number of rotatable bonds is 5. The van der Waals surface area contributed by atoms with Crippen molar-refractivity contribution in [1.29, 1.82) is 0 Å². The van der Waals surface area contributed by atoms with Gasteiger partial charge in [0.2, 0.25) is 0 Å². The molecule has 3 heteroatoms. The fourth-order valence-electron chi connectivity index (χ4n) is 1.10. The highest BCUT2D eigenvalue weighted by molar-refractivity contribution is 5.71. The second kappa shape index (κ2) is 5.20. The Labute approximate surface area is 79.1 Å². The van der Waals surface area contributed by atoms with Crippen molar-refractivity contribution in [3.63, 3.8) is 0 Å². The predicted octanol–water partition coefficient (Wildman–Crippen LogP) is 3.02. The Morgan fingerprint density at radius 3 is 2.31 bits per heavy atom. The van der Waals surface area contributed by atoms with Gasteiger partial charge in [-0.2, -0.15) is 0 Å². The average Bonchev–Trinajstić information content (AvgIpc) is 1.95. The van der Waals surface area contributed by atoms with Crippen molar-refractivity contribution >= 4 is 5.97 Å². The zero-order valence-electron chi connectivity index (χ0n) is 8.64. The molecule has 0 aliphatic heterocycles. The van der Waals surface area contributed by atoms with E-state index in [4.69, 9.17) is 5.11 Å². The molecule has 13 heavy (non-hydrogen) atoms. The largest absolute Gasteiger partial charge is 0.479 e. The van der Waals surface area contributed by atoms with Crippen LogP contribution in [0.5, 0.6) is 0 Å². The lowest BCUT2D eigenvalue weighted by Crippen LogP contribution is -2.14. The van der Waals surface area contributed by atoms with Crippen LogP contribution in [0, 0.1) is 5.41 Å². The highest BCUT2D eigenvalue weighted by atomic mass is 19.1. The lowest BCUT2D eigenvalue weighted by Gasteiger charge is -2.17. The summed E-state index contributed by atoms with van der Waals surface area (Å²) < 4.78 is 12.5. The number of alkyl halides is 1. The standard InChI is InChI=1S/C10H19FO2/c1-10(2,3)7-5-4-6-8(11)9(12)13/h8H,4-7H2,1-3H3,(H,12,13). The maximum absolute atomic E-state index is 12.5. The van der Waals surface area contributed by atoms with E-state index >= 15 is 0 Å². The third-order valence-electron chi connectivity index (χ3n) is 1.90. The van der Waals surface area contributed by atoms with Gasteiger partial charge in [-0.15, -0.1) is 0 Å². The van der Waals surface area contributed by atoms with Crippen molar-refractivity contribution in [3.8, 4) is 0 Å². The molecule has 1 unspecified atom stereocenters. The minimum atomic E-state index is -1.68. The van der Waals surface area contributed by atoms with Crippen molar-refractivity contribution in [3.05, 3.63) is 0 Å². The zero-order chi connectivity index (χ0) is 10.5. The number of halogens is 1. The van der Waals surface area contributed by atoms with Gasteiger partial charge in [-0.3, -0.25) is 0 Å². The van der Waals surface area contributed by atoms with Gasteiger partial charge in [-0.05, 0) is 24.7 Å². The summed E-state index contributed by atoms with van der Waals surface area (Å²) in [6.45, 7) is 6.37. The van der Waals surface area contributed by atoms with E-state index in [0.29, 0.717) is 6.42 Å². The molecule has 0 bridgehead atoms. The molecule has 0 aliphatic carbocycles. The fourth-order valence-corrected chi connectivity index (χ4v) is 1.10. The van der Waals surface area contributed by atoms with E-state index in [1.165, 1.54) is 0 Å². The maximum Gasteiger partial charge on any atom is 0.338 e. The van der Waals surface area contributed by atoms with Gasteiger partial charge in [0.1, 0.15) is 0 Å². The first-order chi connectivity index (χ1) is 5.83. The van der Waals surface area contributed by atoms with Crippen molar-refractivity contribution in [2.45, 2.75) is 52.6 Å². The van der Waals surface area contributed by atoms with Crippen LogP contribution in [0.15, 0.2) is 0 Å². The second-order valence-corrected chi connectivity index (χ2v) is 4.61. The van der Waals surface area contributed by atoms with E-state index in [0.717, 1.165) is 12.8 Å². The molecule has 1 atom stereocenters. The molecule has 78 valence electrons. The number of aliphatic carboxylic acids is 1. The van der Waals surface area contributed by atoms with Crippen molar-refractivity contribution in [1.82, 2.24) is 0 Å². The van der Waals surface area contributed by atoms with Crippen LogP contribution in [0.2, 0.25) is 0 Å². The normalized spacial score (nSPS) is 14.2. The van der Waals surface area contributed by atoms with Crippen molar-refractivity contribution in [2.75, 3.05) is 0 Å². The molecular weight excluding hydrogens is 171 g/mol. The molecule has 0 aromatic heterocycles. The topological polar surface area (TPSA) is 37.3 Å². The van der Waals surface area contributed by atoms with E-state index in [-0.39, 0.29) is 11.8 Å². The van der Waals surface area contributed by atoms with E-state index in [2.05, 4.69) is 20.8 Å². The van der Waals surface area contributed by atoms with E-state index in [1.54, 1.807) is 0 Å². The van der Waals surface area contributed by atoms with E-state index < -0.39 is 12.1 Å². The summed E-state index contributed by atoms with van der Waals surface area (Å²) in [4.78, 5) is 10.1. The molecule has 0 aromatic carbocycles. The quantitative estimate of drug-likeness (QED) is 0.676. The van der Waals surface area contributed by atoms with Crippen LogP contribution >= 0.6 is 0 Å². The summed E-state index contributed by atoms with van der Waals surface area (Å²) in [5.41, 5.74) is 0.259. The Morgan fingerprint density at radius 2 is 1.92 bits per heavy atom. The summed E-state index contributed by atoms with van der Waals surface area (Å²) in [5, 5.41) is 8.27. The van der Waals surface area contributed by atoms with Crippen LogP contribution in [0.4, 0.5) is 4.39 Å². The number of carboxylic acid groups (broad SMARTS) is 1. The molecule has 1 N–H and O–H groups in total. The first kappa shape index (κ1) is 12.4. The monoisotopic (exact) mass is 190 g/mol. The van der Waals surface area contributed by atoms with Gasteiger partial charge in [0.05, 0.1) is 0 Å². The molecule has 2 nitrogen and oxygen atoms in total. The molecule has 0 spiro atoms. The number of carbonyl (C=O) groups is 1. The highest BCUT2D eigenvalue weighted by Gasteiger charge is 2.15. The minimum absolute atomic E-state index is 0.144. The molecular formula is C10H19FO2. The average molecular weight is 190 g/mol. The first-order valence-corrected chi connectivity index (χ1v) is 4.70. The van der Waals surface area contributed by atoms with Gasteiger partial charge in [0, 0.05) is 0 Å². The van der Waals surface area contributed by atoms with Gasteiger partial charge < -0.3 is 5.11 Å². The van der Waals surface area contributed by atoms with Crippen LogP contribution in [0.1, 0.15) is 46.5 Å². The van der Waals surface area contributed by atoms with Crippen LogP contribution in [0.25, 0.3) is 0 Å². The summed E-state index contributed by atoms with van der Waals surface area (Å²) >= 11 is 0. The molecule has 0 radical (unpaired) electrons. The Hall–Kier alpha value is -0.600. The van der Waals surface area contributed by atoms with Gasteiger partial charge in [-0.25, -0.2) is 9.18 Å². The molecule has 0 rings (SSSR count). The number of hydrogen-bond acceptors (Lipinski definition) is 1. The van der Waals surface area contributed by atoms with Crippen molar-refractivity contribution < 1.29 is 14.3 Å². The van der Waals surface area contributed by atoms with Gasteiger partial charge in [0.25, 0.3) is 0 Å². The maximum atomic E-state index is 12.5. The van der Waals surface area contributed by atoms with Crippen LogP contribution in [-0.4, -0.2) is 17.2 Å². The predicted molar refractivity (Wildman–Crippen MR) is 50.5 cm³/mol. The number of hydrogen-bond donors (Lipinski definition) is 1. The number of unbranched alkanes of at least 4 members (excludes halogenated alkanes) is 1. The van der Waals surface area contributed by atoms with Gasteiger partial charge in [0.15, 0.2) is 6.17 Å². The molecule has 0 amide bonds. The second-order valence-electron chi connectivity index (χ2n) is 4.61. The molecule has 0 saturated carbocycles. The molecule has 0 saturated heterocycles. The Bertz CT molecular complexity index is 161. The van der Waals surface area contributed by atoms with Crippen molar-refractivity contribution in [2.24, 2.45) is 5.41 Å². The van der Waals surface area contributed by atoms with E-state index in [1.807, 2.05) is 0 Å². The fraction of sp³-hybridized carbons (Fsp3) is 0.900. The lowest BCUT2D eigenvalue weighted by molar-refractivity contribution is -0.143.